The number of fused-ring (bicyclic) bond motifs is 3. The quantitative estimate of drug-likeness (QED) is 0.341. The number of rotatable bonds is 7. The molecule has 1 N–H and O–H groups in total. The van der Waals surface area contributed by atoms with Crippen LogP contribution >= 0.6 is 23.4 Å². The number of halogens is 1. The zero-order chi connectivity index (χ0) is 24.5. The van der Waals surface area contributed by atoms with Crippen LogP contribution in [0.15, 0.2) is 52.4 Å². The summed E-state index contributed by atoms with van der Waals surface area (Å²) in [5.41, 5.74) is 2.12. The molecule has 2 heterocycles. The van der Waals surface area contributed by atoms with E-state index in [4.69, 9.17) is 11.6 Å². The number of hydrogen-bond donors (Lipinski definition) is 1. The van der Waals surface area contributed by atoms with Crippen LogP contribution in [0.5, 0.6) is 0 Å². The molecule has 0 aliphatic heterocycles. The predicted molar refractivity (Wildman–Crippen MR) is 140 cm³/mol. The third-order valence-corrected chi connectivity index (χ3v) is 7.56. The molecule has 9 heteroatoms. The molecular weight excluding hydrogens is 482 g/mol. The molecule has 0 atom stereocenters. The molecule has 182 valence electrons. The molecule has 7 nitrogen and oxygen atoms in total. The topological polar surface area (TPSA) is 81.3 Å². The summed E-state index contributed by atoms with van der Waals surface area (Å²) >= 11 is 7.68. The highest BCUT2D eigenvalue weighted by atomic mass is 35.5. The fraction of sp³-hybridized carbons (Fsp3) is 0.385. The van der Waals surface area contributed by atoms with E-state index >= 15 is 0 Å². The molecule has 0 unspecified atom stereocenters. The third-order valence-electron chi connectivity index (χ3n) is 6.33. The fourth-order valence-corrected chi connectivity index (χ4v) is 5.76. The van der Waals surface area contributed by atoms with Gasteiger partial charge in [0.15, 0.2) is 5.16 Å². The van der Waals surface area contributed by atoms with Crippen LogP contribution in [0.2, 0.25) is 5.02 Å². The van der Waals surface area contributed by atoms with Crippen molar-refractivity contribution in [2.45, 2.75) is 63.0 Å². The summed E-state index contributed by atoms with van der Waals surface area (Å²) in [6.45, 7) is 4.66. The Kier molecular flexibility index (Phi) is 6.84. The van der Waals surface area contributed by atoms with Crippen LogP contribution in [0.1, 0.15) is 55.5 Å². The molecule has 1 saturated carbocycles. The van der Waals surface area contributed by atoms with Gasteiger partial charge in [0.1, 0.15) is 0 Å². The molecule has 35 heavy (non-hydrogen) atoms. The van der Waals surface area contributed by atoms with Gasteiger partial charge in [0.05, 0.1) is 10.9 Å². The van der Waals surface area contributed by atoms with Crippen LogP contribution < -0.4 is 10.9 Å². The smallest absolute Gasteiger partial charge is 0.262 e. The van der Waals surface area contributed by atoms with E-state index in [1.165, 1.54) is 11.8 Å². The Morgan fingerprint density at radius 3 is 2.71 bits per heavy atom. The van der Waals surface area contributed by atoms with Gasteiger partial charge in [0, 0.05) is 28.9 Å². The second kappa shape index (κ2) is 10.0. The minimum Gasteiger partial charge on any atom is -0.349 e. The standard InChI is InChI=1S/C26H28ClN5O2S/c1-16(2)14-31-24(34)21-11-10-18(23(33)28-20-8-3-4-9-20)13-22(21)32-25(31)29-30-26(32)35-15-17-6-5-7-19(27)12-17/h5-7,10-13,16,20H,3-4,8-9,14-15H2,1-2H3,(H,28,33). The summed E-state index contributed by atoms with van der Waals surface area (Å²) in [7, 11) is 0. The Morgan fingerprint density at radius 2 is 1.97 bits per heavy atom. The molecule has 2 aromatic heterocycles. The van der Waals surface area contributed by atoms with Crippen LogP contribution in [0.25, 0.3) is 16.7 Å². The molecule has 1 fully saturated rings. The second-order valence-electron chi connectivity index (χ2n) is 9.53. The van der Waals surface area contributed by atoms with Gasteiger partial charge in [-0.3, -0.25) is 18.6 Å². The lowest BCUT2D eigenvalue weighted by molar-refractivity contribution is 0.0938. The first-order valence-electron chi connectivity index (χ1n) is 12.0. The Balaban J connectivity index is 1.60. The van der Waals surface area contributed by atoms with Gasteiger partial charge in [-0.05, 0) is 54.7 Å². The van der Waals surface area contributed by atoms with Crippen molar-refractivity contribution >= 4 is 46.0 Å². The lowest BCUT2D eigenvalue weighted by atomic mass is 10.1. The maximum absolute atomic E-state index is 13.4. The monoisotopic (exact) mass is 509 g/mol. The molecule has 2 aromatic carbocycles. The van der Waals surface area contributed by atoms with E-state index < -0.39 is 0 Å². The average molecular weight is 510 g/mol. The van der Waals surface area contributed by atoms with Crippen LogP contribution in [-0.2, 0) is 12.3 Å². The van der Waals surface area contributed by atoms with E-state index in [-0.39, 0.29) is 23.4 Å². The summed E-state index contributed by atoms with van der Waals surface area (Å²) in [5, 5.41) is 13.9. The Bertz CT molecular complexity index is 1460. The number of aromatic nitrogens is 4. The van der Waals surface area contributed by atoms with Gasteiger partial charge in [-0.25, -0.2) is 0 Å². The van der Waals surface area contributed by atoms with Gasteiger partial charge in [-0.15, -0.1) is 10.2 Å². The first kappa shape index (κ1) is 23.9. The van der Waals surface area contributed by atoms with Gasteiger partial charge in [-0.2, -0.15) is 0 Å². The summed E-state index contributed by atoms with van der Waals surface area (Å²) < 4.78 is 3.59. The van der Waals surface area contributed by atoms with E-state index in [0.717, 1.165) is 31.2 Å². The van der Waals surface area contributed by atoms with Gasteiger partial charge >= 0.3 is 0 Å². The second-order valence-corrected chi connectivity index (χ2v) is 10.9. The van der Waals surface area contributed by atoms with E-state index in [0.29, 0.717) is 44.7 Å². The molecule has 0 saturated heterocycles. The highest BCUT2D eigenvalue weighted by Crippen LogP contribution is 2.27. The predicted octanol–water partition coefficient (Wildman–Crippen LogP) is 5.32. The zero-order valence-corrected chi connectivity index (χ0v) is 21.4. The molecule has 1 aliphatic rings. The van der Waals surface area contributed by atoms with Crippen LogP contribution in [0.4, 0.5) is 0 Å². The molecule has 5 rings (SSSR count). The van der Waals surface area contributed by atoms with Crippen LogP contribution in [-0.4, -0.2) is 31.1 Å². The number of benzene rings is 2. The molecule has 1 aliphatic carbocycles. The highest BCUT2D eigenvalue weighted by Gasteiger charge is 2.21. The first-order chi connectivity index (χ1) is 16.9. The first-order valence-corrected chi connectivity index (χ1v) is 13.4. The molecule has 0 bridgehead atoms. The minimum absolute atomic E-state index is 0.112. The lowest BCUT2D eigenvalue weighted by Gasteiger charge is -2.15. The summed E-state index contributed by atoms with van der Waals surface area (Å²) in [6.07, 6.45) is 4.32. The summed E-state index contributed by atoms with van der Waals surface area (Å²) in [6, 6.07) is 13.2. The van der Waals surface area contributed by atoms with Gasteiger partial charge in [0.25, 0.3) is 11.5 Å². The van der Waals surface area contributed by atoms with E-state index in [1.807, 2.05) is 28.7 Å². The van der Waals surface area contributed by atoms with Gasteiger partial charge in [-0.1, -0.05) is 62.2 Å². The highest BCUT2D eigenvalue weighted by molar-refractivity contribution is 7.98. The van der Waals surface area contributed by atoms with Crippen molar-refractivity contribution < 1.29 is 4.79 Å². The Hall–Kier alpha value is -2.84. The zero-order valence-electron chi connectivity index (χ0n) is 19.8. The van der Waals surface area contributed by atoms with Crippen molar-refractivity contribution in [1.29, 1.82) is 0 Å². The number of nitrogens with zero attached hydrogens (tertiary/aromatic N) is 4. The molecular formula is C26H28ClN5O2S. The van der Waals surface area contributed by atoms with Crippen molar-refractivity contribution in [3.05, 3.63) is 69.0 Å². The Morgan fingerprint density at radius 1 is 1.17 bits per heavy atom. The SMILES string of the molecule is CC(C)Cn1c(=O)c2ccc(C(=O)NC3CCCC3)cc2n2c(SCc3cccc(Cl)c3)nnc12. The Labute approximate surface area is 212 Å². The van der Waals surface area contributed by atoms with Crippen molar-refractivity contribution in [3.8, 4) is 0 Å². The van der Waals surface area contributed by atoms with Gasteiger partial charge < -0.3 is 5.32 Å². The number of thioether (sulfide) groups is 1. The molecule has 0 spiro atoms. The van der Waals surface area contributed by atoms with Gasteiger partial charge in [0.2, 0.25) is 5.78 Å². The summed E-state index contributed by atoms with van der Waals surface area (Å²) in [4.78, 5) is 26.4. The van der Waals surface area contributed by atoms with E-state index in [2.05, 4.69) is 29.4 Å². The van der Waals surface area contributed by atoms with Crippen molar-refractivity contribution in [1.82, 2.24) is 24.5 Å². The summed E-state index contributed by atoms with van der Waals surface area (Å²) in [5.74, 6) is 1.27. The average Bonchev–Trinajstić information content (AvgIpc) is 3.50. The minimum atomic E-state index is -0.122. The largest absolute Gasteiger partial charge is 0.349 e. The lowest BCUT2D eigenvalue weighted by Crippen LogP contribution is -2.32. The fourth-order valence-electron chi connectivity index (χ4n) is 4.66. The molecule has 1 amide bonds. The molecule has 4 aromatic rings. The number of nitrogens with one attached hydrogen (secondary N) is 1. The van der Waals surface area contributed by atoms with E-state index in [9.17, 15) is 9.59 Å². The van der Waals surface area contributed by atoms with Crippen LogP contribution in [0.3, 0.4) is 0 Å². The van der Waals surface area contributed by atoms with Crippen molar-refractivity contribution in [2.75, 3.05) is 0 Å². The third kappa shape index (κ3) is 4.95. The maximum Gasteiger partial charge on any atom is 0.262 e. The van der Waals surface area contributed by atoms with E-state index in [1.54, 1.807) is 22.8 Å². The number of hydrogen-bond acceptors (Lipinski definition) is 5. The van der Waals surface area contributed by atoms with Crippen LogP contribution in [0, 0.1) is 5.92 Å². The number of carbonyl (C=O) groups excluding carboxylic acids is 1. The number of amides is 1. The van der Waals surface area contributed by atoms with Crippen molar-refractivity contribution in [2.24, 2.45) is 5.92 Å². The van der Waals surface area contributed by atoms with Crippen molar-refractivity contribution in [3.63, 3.8) is 0 Å². The normalized spacial score (nSPS) is 14.4. The molecule has 0 radical (unpaired) electrons. The number of carbonyl (C=O) groups is 1. The maximum atomic E-state index is 13.4.